The summed E-state index contributed by atoms with van der Waals surface area (Å²) < 4.78 is 10.4. The van der Waals surface area contributed by atoms with E-state index in [1.54, 1.807) is 32.2 Å². The van der Waals surface area contributed by atoms with Crippen molar-refractivity contribution in [2.75, 3.05) is 39.3 Å². The highest BCUT2D eigenvalue weighted by atomic mass is 16.6. The highest BCUT2D eigenvalue weighted by Crippen LogP contribution is 2.24. The van der Waals surface area contributed by atoms with Gasteiger partial charge < -0.3 is 19.7 Å². The van der Waals surface area contributed by atoms with Gasteiger partial charge in [0.15, 0.2) is 0 Å². The molecule has 0 radical (unpaired) electrons. The van der Waals surface area contributed by atoms with E-state index in [9.17, 15) is 14.9 Å². The quantitative estimate of drug-likeness (QED) is 0.413. The molecule has 8 heteroatoms. The van der Waals surface area contributed by atoms with Gasteiger partial charge in [0.05, 0.1) is 17.1 Å². The van der Waals surface area contributed by atoms with Crippen molar-refractivity contribution in [3.8, 4) is 5.75 Å². The molecule has 0 saturated heterocycles. The third kappa shape index (κ3) is 5.68. The highest BCUT2D eigenvalue weighted by Gasteiger charge is 2.17. The van der Waals surface area contributed by atoms with Gasteiger partial charge in [-0.25, -0.2) is 0 Å². The van der Waals surface area contributed by atoms with Crippen LogP contribution in [0.2, 0.25) is 0 Å². The van der Waals surface area contributed by atoms with Crippen molar-refractivity contribution in [3.05, 3.63) is 63.7 Å². The van der Waals surface area contributed by atoms with Crippen molar-refractivity contribution in [1.29, 1.82) is 0 Å². The van der Waals surface area contributed by atoms with Gasteiger partial charge in [-0.05, 0) is 23.8 Å². The summed E-state index contributed by atoms with van der Waals surface area (Å²) in [5.41, 5.74) is 1.64. The maximum absolute atomic E-state index is 12.6. The fourth-order valence-corrected chi connectivity index (χ4v) is 2.43. The molecule has 0 aliphatic carbocycles. The Kier molecular flexibility index (Phi) is 7.13. The van der Waals surface area contributed by atoms with Gasteiger partial charge in [0, 0.05) is 45.6 Å². The highest BCUT2D eigenvalue weighted by molar-refractivity contribution is 6.00. The predicted molar refractivity (Wildman–Crippen MR) is 102 cm³/mol. The van der Waals surface area contributed by atoms with Crippen LogP contribution in [0.1, 0.15) is 15.9 Å². The Bertz CT molecular complexity index is 790. The molecule has 1 amide bonds. The van der Waals surface area contributed by atoms with Crippen molar-refractivity contribution in [2.45, 2.75) is 6.54 Å². The zero-order valence-electron chi connectivity index (χ0n) is 15.6. The molecule has 0 aromatic heterocycles. The first-order chi connectivity index (χ1) is 12.9. The smallest absolute Gasteiger partial charge is 0.270 e. The molecule has 8 nitrogen and oxygen atoms in total. The molecule has 0 unspecified atom stereocenters. The molecule has 1 N–H and O–H groups in total. The van der Waals surface area contributed by atoms with Gasteiger partial charge in [-0.3, -0.25) is 14.9 Å². The molecule has 0 saturated carbocycles. The van der Waals surface area contributed by atoms with E-state index in [1.165, 1.54) is 12.1 Å². The molecule has 2 rings (SSSR count). The van der Waals surface area contributed by atoms with Crippen molar-refractivity contribution < 1.29 is 19.2 Å². The number of non-ortho nitro benzene ring substituents is 1. The molecule has 0 atom stereocenters. The summed E-state index contributed by atoms with van der Waals surface area (Å²) in [7, 11) is 5.17. The molecular weight excluding hydrogens is 350 g/mol. The lowest BCUT2D eigenvalue weighted by molar-refractivity contribution is -0.384. The number of anilines is 1. The molecule has 144 valence electrons. The molecule has 0 bridgehead atoms. The van der Waals surface area contributed by atoms with Crippen molar-refractivity contribution in [3.63, 3.8) is 0 Å². The Hall–Kier alpha value is -3.13. The minimum atomic E-state index is -0.515. The van der Waals surface area contributed by atoms with E-state index in [1.807, 2.05) is 24.3 Å². The van der Waals surface area contributed by atoms with Crippen LogP contribution >= 0.6 is 0 Å². The fraction of sp³-hybridized carbons (Fsp3) is 0.316. The van der Waals surface area contributed by atoms with Crippen molar-refractivity contribution >= 4 is 17.3 Å². The number of hydrogen-bond donors (Lipinski definition) is 1. The third-order valence-electron chi connectivity index (χ3n) is 3.85. The van der Waals surface area contributed by atoms with Crippen LogP contribution in [0.5, 0.6) is 5.75 Å². The van der Waals surface area contributed by atoms with Gasteiger partial charge in [-0.2, -0.15) is 0 Å². The summed E-state index contributed by atoms with van der Waals surface area (Å²) in [6.07, 6.45) is 0. The van der Waals surface area contributed by atoms with Crippen molar-refractivity contribution in [2.24, 2.45) is 0 Å². The van der Waals surface area contributed by atoms with E-state index in [0.717, 1.165) is 11.3 Å². The Morgan fingerprint density at radius 2 is 1.85 bits per heavy atom. The average Bonchev–Trinajstić information content (AvgIpc) is 2.66. The number of benzene rings is 2. The van der Waals surface area contributed by atoms with Crippen LogP contribution in [0.15, 0.2) is 42.5 Å². The number of nitrogens with one attached hydrogen (secondary N) is 1. The number of carbonyl (C=O) groups excluding carboxylic acids is 1. The normalized spacial score (nSPS) is 10.3. The Morgan fingerprint density at radius 3 is 2.44 bits per heavy atom. The second kappa shape index (κ2) is 9.54. The van der Waals surface area contributed by atoms with Crippen LogP contribution < -0.4 is 15.0 Å². The van der Waals surface area contributed by atoms with Gasteiger partial charge in [0.2, 0.25) is 0 Å². The van der Waals surface area contributed by atoms with Gasteiger partial charge in [0.1, 0.15) is 12.4 Å². The molecular formula is C19H23N3O5. The number of rotatable bonds is 9. The maximum Gasteiger partial charge on any atom is 0.270 e. The van der Waals surface area contributed by atoms with E-state index in [4.69, 9.17) is 9.47 Å². The van der Waals surface area contributed by atoms with Crippen LogP contribution in [0.4, 0.5) is 11.4 Å². The monoisotopic (exact) mass is 373 g/mol. The largest absolute Gasteiger partial charge is 0.491 e. The fourth-order valence-electron chi connectivity index (χ4n) is 2.43. The summed E-state index contributed by atoms with van der Waals surface area (Å²) in [6, 6.07) is 11.6. The lowest BCUT2D eigenvalue weighted by Gasteiger charge is -2.17. The number of amides is 1. The summed E-state index contributed by atoms with van der Waals surface area (Å²) >= 11 is 0. The minimum Gasteiger partial charge on any atom is -0.491 e. The molecule has 0 heterocycles. The number of methoxy groups -OCH3 is 1. The number of hydrogen-bond acceptors (Lipinski definition) is 6. The first-order valence-corrected chi connectivity index (χ1v) is 8.37. The number of nitro benzene ring substituents is 1. The Balaban J connectivity index is 2.04. The topological polar surface area (TPSA) is 93.9 Å². The van der Waals surface area contributed by atoms with Gasteiger partial charge in [-0.1, -0.05) is 12.1 Å². The maximum atomic E-state index is 12.6. The standard InChI is InChI=1S/C19H23N3O5/c1-21(2)18-9-6-15(22(24)25)12-17(18)19(23)20-13-14-4-7-16(8-5-14)27-11-10-26-3/h4-9,12H,10-11,13H2,1-3H3,(H,20,23). The zero-order chi connectivity index (χ0) is 19.8. The van der Waals surface area contributed by atoms with E-state index in [0.29, 0.717) is 25.4 Å². The molecule has 27 heavy (non-hydrogen) atoms. The van der Waals surface area contributed by atoms with Gasteiger partial charge in [-0.15, -0.1) is 0 Å². The number of carbonyl (C=O) groups is 1. The summed E-state index contributed by atoms with van der Waals surface area (Å²) in [6.45, 7) is 1.27. The van der Waals surface area contributed by atoms with E-state index in [2.05, 4.69) is 5.32 Å². The first-order valence-electron chi connectivity index (χ1n) is 8.37. The average molecular weight is 373 g/mol. The van der Waals surface area contributed by atoms with Gasteiger partial charge >= 0.3 is 0 Å². The van der Waals surface area contributed by atoms with E-state index < -0.39 is 4.92 Å². The summed E-state index contributed by atoms with van der Waals surface area (Å²) in [5, 5.41) is 13.8. The molecule has 2 aromatic carbocycles. The van der Waals surface area contributed by atoms with Crippen LogP contribution in [-0.2, 0) is 11.3 Å². The van der Waals surface area contributed by atoms with Crippen molar-refractivity contribution in [1.82, 2.24) is 5.32 Å². The van der Waals surface area contributed by atoms with Gasteiger partial charge in [0.25, 0.3) is 11.6 Å². The second-order valence-electron chi connectivity index (χ2n) is 6.02. The Labute approximate surface area is 157 Å². The number of nitro groups is 1. The lowest BCUT2D eigenvalue weighted by Crippen LogP contribution is -2.25. The Morgan fingerprint density at radius 1 is 1.15 bits per heavy atom. The van der Waals surface area contributed by atoms with Crippen LogP contribution in [0, 0.1) is 10.1 Å². The second-order valence-corrected chi connectivity index (χ2v) is 6.02. The van der Waals surface area contributed by atoms with E-state index >= 15 is 0 Å². The minimum absolute atomic E-state index is 0.122. The third-order valence-corrected chi connectivity index (χ3v) is 3.85. The van der Waals surface area contributed by atoms with E-state index in [-0.39, 0.29) is 17.2 Å². The summed E-state index contributed by atoms with van der Waals surface area (Å²) in [5.74, 6) is 0.346. The van der Waals surface area contributed by atoms with Crippen LogP contribution in [0.3, 0.4) is 0 Å². The van der Waals surface area contributed by atoms with Crippen LogP contribution in [0.25, 0.3) is 0 Å². The molecule has 0 fully saturated rings. The molecule has 0 aliphatic rings. The first kappa shape index (κ1) is 20.2. The number of ether oxygens (including phenoxy) is 2. The molecule has 0 spiro atoms. The summed E-state index contributed by atoms with van der Waals surface area (Å²) in [4.78, 5) is 24.8. The molecule has 2 aromatic rings. The SMILES string of the molecule is COCCOc1ccc(CNC(=O)c2cc([N+](=O)[O-])ccc2N(C)C)cc1. The lowest BCUT2D eigenvalue weighted by atomic mass is 10.1. The van der Waals surface area contributed by atoms with Crippen LogP contribution in [-0.4, -0.2) is 45.2 Å². The number of nitrogens with zero attached hydrogens (tertiary/aromatic N) is 2. The zero-order valence-corrected chi connectivity index (χ0v) is 15.6. The predicted octanol–water partition coefficient (Wildman–Crippen LogP) is 2.62. The molecule has 0 aliphatic heterocycles.